The van der Waals surface area contributed by atoms with Crippen LogP contribution < -0.4 is 4.74 Å². The van der Waals surface area contributed by atoms with Gasteiger partial charge in [0.1, 0.15) is 0 Å². The summed E-state index contributed by atoms with van der Waals surface area (Å²) in [6, 6.07) is 6.31. The van der Waals surface area contributed by atoms with Crippen molar-refractivity contribution in [3.63, 3.8) is 0 Å². The molecule has 0 aliphatic heterocycles. The van der Waals surface area contributed by atoms with Gasteiger partial charge in [-0.3, -0.25) is 4.79 Å². The standard InChI is InChI=1S/C13H15FO3/c1-16-13(15)9-6-7-10(8-9)17-12-5-3-2-4-11(12)14/h2-5,9-10H,6-8H2,1H3/t9-,10+/m0/s1. The normalized spacial score (nSPS) is 23.4. The fourth-order valence-electron chi connectivity index (χ4n) is 2.15. The predicted octanol–water partition coefficient (Wildman–Crippen LogP) is 2.55. The van der Waals surface area contributed by atoms with Crippen LogP contribution >= 0.6 is 0 Å². The molecule has 2 atom stereocenters. The quantitative estimate of drug-likeness (QED) is 0.759. The van der Waals surface area contributed by atoms with E-state index in [-0.39, 0.29) is 29.6 Å². The fourth-order valence-corrected chi connectivity index (χ4v) is 2.15. The number of hydrogen-bond donors (Lipinski definition) is 0. The Labute approximate surface area is 99.5 Å². The highest BCUT2D eigenvalue weighted by Crippen LogP contribution is 2.30. The third kappa shape index (κ3) is 2.75. The molecule has 0 heterocycles. The Morgan fingerprint density at radius 1 is 1.35 bits per heavy atom. The van der Waals surface area contributed by atoms with Crippen LogP contribution in [0.1, 0.15) is 19.3 Å². The van der Waals surface area contributed by atoms with Crippen molar-refractivity contribution < 1.29 is 18.7 Å². The first kappa shape index (κ1) is 11.9. The molecule has 17 heavy (non-hydrogen) atoms. The second kappa shape index (κ2) is 5.17. The zero-order valence-electron chi connectivity index (χ0n) is 9.69. The molecular formula is C13H15FO3. The van der Waals surface area contributed by atoms with Gasteiger partial charge in [0.15, 0.2) is 11.6 Å². The van der Waals surface area contributed by atoms with E-state index in [4.69, 9.17) is 4.74 Å². The Kier molecular flexibility index (Phi) is 3.61. The van der Waals surface area contributed by atoms with Crippen LogP contribution in [0.25, 0.3) is 0 Å². The van der Waals surface area contributed by atoms with E-state index in [1.807, 2.05) is 0 Å². The molecule has 1 aromatic rings. The van der Waals surface area contributed by atoms with Crippen molar-refractivity contribution >= 4 is 5.97 Å². The average Bonchev–Trinajstić information content (AvgIpc) is 2.80. The Balaban J connectivity index is 1.94. The van der Waals surface area contributed by atoms with Crippen LogP contribution in [0.2, 0.25) is 0 Å². The Morgan fingerprint density at radius 2 is 2.12 bits per heavy atom. The zero-order chi connectivity index (χ0) is 12.3. The van der Waals surface area contributed by atoms with E-state index in [0.29, 0.717) is 6.42 Å². The Bertz CT molecular complexity index is 405. The van der Waals surface area contributed by atoms with E-state index >= 15 is 0 Å². The molecule has 2 rings (SSSR count). The summed E-state index contributed by atoms with van der Waals surface area (Å²) in [7, 11) is 1.38. The number of rotatable bonds is 3. The second-order valence-corrected chi connectivity index (χ2v) is 4.20. The number of ether oxygens (including phenoxy) is 2. The largest absolute Gasteiger partial charge is 0.487 e. The number of methoxy groups -OCH3 is 1. The minimum absolute atomic E-state index is 0.101. The van der Waals surface area contributed by atoms with Gasteiger partial charge < -0.3 is 9.47 Å². The number of carbonyl (C=O) groups excluding carboxylic acids is 1. The van der Waals surface area contributed by atoms with Crippen molar-refractivity contribution in [2.45, 2.75) is 25.4 Å². The smallest absolute Gasteiger partial charge is 0.308 e. The molecule has 1 aromatic carbocycles. The number of carbonyl (C=O) groups is 1. The van der Waals surface area contributed by atoms with Crippen molar-refractivity contribution in [2.24, 2.45) is 5.92 Å². The molecule has 1 aliphatic rings. The lowest BCUT2D eigenvalue weighted by molar-refractivity contribution is -0.145. The summed E-state index contributed by atoms with van der Waals surface area (Å²) in [6.45, 7) is 0. The van der Waals surface area contributed by atoms with Gasteiger partial charge in [0.05, 0.1) is 19.1 Å². The minimum Gasteiger partial charge on any atom is -0.487 e. The molecule has 0 unspecified atom stereocenters. The van der Waals surface area contributed by atoms with Gasteiger partial charge in [-0.15, -0.1) is 0 Å². The molecular weight excluding hydrogens is 223 g/mol. The first-order chi connectivity index (χ1) is 8.20. The number of benzene rings is 1. The summed E-state index contributed by atoms with van der Waals surface area (Å²) in [4.78, 5) is 11.3. The van der Waals surface area contributed by atoms with Gasteiger partial charge in [-0.2, -0.15) is 0 Å². The lowest BCUT2D eigenvalue weighted by Gasteiger charge is -2.14. The summed E-state index contributed by atoms with van der Waals surface area (Å²) >= 11 is 0. The number of halogens is 1. The third-order valence-corrected chi connectivity index (χ3v) is 3.05. The molecule has 92 valence electrons. The zero-order valence-corrected chi connectivity index (χ0v) is 9.69. The molecule has 1 aliphatic carbocycles. The van der Waals surface area contributed by atoms with Crippen molar-refractivity contribution in [1.82, 2.24) is 0 Å². The summed E-state index contributed by atoms with van der Waals surface area (Å²) in [5.41, 5.74) is 0. The maximum atomic E-state index is 13.3. The van der Waals surface area contributed by atoms with Crippen molar-refractivity contribution in [1.29, 1.82) is 0 Å². The summed E-state index contributed by atoms with van der Waals surface area (Å²) in [6.07, 6.45) is 2.00. The molecule has 0 saturated heterocycles. The highest BCUT2D eigenvalue weighted by Gasteiger charge is 2.32. The molecule has 0 radical (unpaired) electrons. The number of esters is 1. The molecule has 4 heteroatoms. The molecule has 1 saturated carbocycles. The lowest BCUT2D eigenvalue weighted by atomic mass is 10.1. The van der Waals surface area contributed by atoms with E-state index < -0.39 is 0 Å². The average molecular weight is 238 g/mol. The van der Waals surface area contributed by atoms with Crippen molar-refractivity contribution in [3.8, 4) is 5.75 Å². The maximum Gasteiger partial charge on any atom is 0.308 e. The molecule has 0 aromatic heterocycles. The van der Waals surface area contributed by atoms with Crippen LogP contribution in [-0.2, 0) is 9.53 Å². The van der Waals surface area contributed by atoms with Gasteiger partial charge in [0.25, 0.3) is 0 Å². The summed E-state index contributed by atoms with van der Waals surface area (Å²) in [5.74, 6) is -0.432. The van der Waals surface area contributed by atoms with Crippen molar-refractivity contribution in [2.75, 3.05) is 7.11 Å². The van der Waals surface area contributed by atoms with E-state index in [0.717, 1.165) is 12.8 Å². The molecule has 1 fully saturated rings. The van der Waals surface area contributed by atoms with E-state index in [2.05, 4.69) is 4.74 Å². The van der Waals surface area contributed by atoms with E-state index in [1.54, 1.807) is 18.2 Å². The molecule has 0 amide bonds. The first-order valence-electron chi connectivity index (χ1n) is 5.69. The third-order valence-electron chi connectivity index (χ3n) is 3.05. The molecule has 3 nitrogen and oxygen atoms in total. The maximum absolute atomic E-state index is 13.3. The SMILES string of the molecule is COC(=O)[C@H]1CC[C@@H](Oc2ccccc2F)C1. The van der Waals surface area contributed by atoms with Gasteiger partial charge in [-0.05, 0) is 31.4 Å². The molecule has 0 bridgehead atoms. The minimum atomic E-state index is -0.367. The Morgan fingerprint density at radius 3 is 2.82 bits per heavy atom. The van der Waals surface area contributed by atoms with Crippen LogP contribution in [0.15, 0.2) is 24.3 Å². The van der Waals surface area contributed by atoms with Crippen LogP contribution in [-0.4, -0.2) is 19.2 Å². The van der Waals surface area contributed by atoms with Gasteiger partial charge in [0, 0.05) is 0 Å². The number of para-hydroxylation sites is 1. The van der Waals surface area contributed by atoms with Gasteiger partial charge >= 0.3 is 5.97 Å². The molecule has 0 spiro atoms. The highest BCUT2D eigenvalue weighted by molar-refractivity contribution is 5.72. The summed E-state index contributed by atoms with van der Waals surface area (Å²) < 4.78 is 23.6. The van der Waals surface area contributed by atoms with E-state index in [9.17, 15) is 9.18 Å². The van der Waals surface area contributed by atoms with Crippen LogP contribution in [0.5, 0.6) is 5.75 Å². The van der Waals surface area contributed by atoms with E-state index in [1.165, 1.54) is 13.2 Å². The summed E-state index contributed by atoms with van der Waals surface area (Å²) in [5, 5.41) is 0. The van der Waals surface area contributed by atoms with Gasteiger partial charge in [-0.1, -0.05) is 12.1 Å². The topological polar surface area (TPSA) is 35.5 Å². The van der Waals surface area contributed by atoms with Gasteiger partial charge in [-0.25, -0.2) is 4.39 Å². The monoisotopic (exact) mass is 238 g/mol. The predicted molar refractivity (Wildman–Crippen MR) is 60.2 cm³/mol. The van der Waals surface area contributed by atoms with Crippen molar-refractivity contribution in [3.05, 3.63) is 30.1 Å². The van der Waals surface area contributed by atoms with Gasteiger partial charge in [0.2, 0.25) is 0 Å². The lowest BCUT2D eigenvalue weighted by Crippen LogP contribution is -2.17. The second-order valence-electron chi connectivity index (χ2n) is 4.20. The van der Waals surface area contributed by atoms with Crippen LogP contribution in [0.3, 0.4) is 0 Å². The van der Waals surface area contributed by atoms with Crippen LogP contribution in [0, 0.1) is 11.7 Å². The fraction of sp³-hybridized carbons (Fsp3) is 0.462. The van der Waals surface area contributed by atoms with Crippen LogP contribution in [0.4, 0.5) is 4.39 Å². The Hall–Kier alpha value is -1.58. The molecule has 0 N–H and O–H groups in total. The number of hydrogen-bond acceptors (Lipinski definition) is 3. The first-order valence-corrected chi connectivity index (χ1v) is 5.69. The highest BCUT2D eigenvalue weighted by atomic mass is 19.1.